The molecular weight excluding hydrogens is 398 g/mol. The van der Waals surface area contributed by atoms with E-state index in [0.717, 1.165) is 11.1 Å². The Morgan fingerprint density at radius 2 is 1.58 bits per heavy atom. The van der Waals surface area contributed by atoms with Gasteiger partial charge in [0.15, 0.2) is 11.5 Å². The summed E-state index contributed by atoms with van der Waals surface area (Å²) in [4.78, 5) is 25.5. The molecule has 1 heterocycles. The summed E-state index contributed by atoms with van der Waals surface area (Å²) < 4.78 is 16.2. The van der Waals surface area contributed by atoms with E-state index < -0.39 is 12.1 Å². The van der Waals surface area contributed by atoms with Gasteiger partial charge in [-0.2, -0.15) is 0 Å². The maximum atomic E-state index is 13.2. The number of nitrogens with one attached hydrogen (secondary N) is 3. The Hall–Kier alpha value is -3.68. The zero-order valence-corrected chi connectivity index (χ0v) is 18.5. The number of methoxy groups -OCH3 is 3. The minimum absolute atomic E-state index is 0.327. The highest BCUT2D eigenvalue weighted by atomic mass is 16.5. The predicted molar refractivity (Wildman–Crippen MR) is 118 cm³/mol. The van der Waals surface area contributed by atoms with Crippen molar-refractivity contribution in [2.45, 2.75) is 26.8 Å². The lowest BCUT2D eigenvalue weighted by atomic mass is 9.94. The van der Waals surface area contributed by atoms with Crippen LogP contribution in [0.5, 0.6) is 17.2 Å². The van der Waals surface area contributed by atoms with Gasteiger partial charge in [0.1, 0.15) is 0 Å². The summed E-state index contributed by atoms with van der Waals surface area (Å²) in [5.41, 5.74) is 4.34. The number of benzene rings is 2. The molecule has 8 heteroatoms. The molecule has 0 unspecified atom stereocenters. The Balaban J connectivity index is 2.04. The molecule has 0 aliphatic carbocycles. The van der Waals surface area contributed by atoms with E-state index in [1.54, 1.807) is 19.1 Å². The van der Waals surface area contributed by atoms with Gasteiger partial charge >= 0.3 is 6.03 Å². The second kappa shape index (κ2) is 8.99. The van der Waals surface area contributed by atoms with Crippen LogP contribution in [0, 0.1) is 13.8 Å². The largest absolute Gasteiger partial charge is 0.493 e. The second-order valence-electron chi connectivity index (χ2n) is 7.28. The van der Waals surface area contributed by atoms with Gasteiger partial charge in [-0.15, -0.1) is 0 Å². The number of hydrogen-bond donors (Lipinski definition) is 3. The van der Waals surface area contributed by atoms with Gasteiger partial charge in [0, 0.05) is 11.4 Å². The lowest BCUT2D eigenvalue weighted by molar-refractivity contribution is -0.113. The van der Waals surface area contributed by atoms with Crippen LogP contribution >= 0.6 is 0 Å². The normalized spacial score (nSPS) is 15.7. The van der Waals surface area contributed by atoms with E-state index in [0.29, 0.717) is 39.8 Å². The third-order valence-electron chi connectivity index (χ3n) is 5.30. The molecule has 0 fully saturated rings. The van der Waals surface area contributed by atoms with E-state index >= 15 is 0 Å². The van der Waals surface area contributed by atoms with Crippen LogP contribution in [0.4, 0.5) is 10.5 Å². The van der Waals surface area contributed by atoms with E-state index in [2.05, 4.69) is 16.0 Å². The summed E-state index contributed by atoms with van der Waals surface area (Å²) in [5, 5.41) is 8.43. The highest BCUT2D eigenvalue weighted by Crippen LogP contribution is 2.41. The molecule has 0 saturated carbocycles. The van der Waals surface area contributed by atoms with Crippen LogP contribution in [0.1, 0.15) is 29.7 Å². The zero-order valence-electron chi connectivity index (χ0n) is 18.5. The molecule has 3 amide bonds. The molecule has 0 spiro atoms. The Morgan fingerprint density at radius 1 is 0.935 bits per heavy atom. The summed E-state index contributed by atoms with van der Waals surface area (Å²) in [6.45, 7) is 5.68. The van der Waals surface area contributed by atoms with Gasteiger partial charge in [-0.3, -0.25) is 4.79 Å². The van der Waals surface area contributed by atoms with Crippen molar-refractivity contribution in [1.29, 1.82) is 0 Å². The molecule has 31 heavy (non-hydrogen) atoms. The number of hydrogen-bond acceptors (Lipinski definition) is 5. The molecule has 164 valence electrons. The van der Waals surface area contributed by atoms with Crippen LogP contribution in [-0.4, -0.2) is 33.3 Å². The number of rotatable bonds is 6. The maximum absolute atomic E-state index is 13.2. The quantitative estimate of drug-likeness (QED) is 0.657. The highest BCUT2D eigenvalue weighted by molar-refractivity contribution is 6.06. The number of aryl methyl sites for hydroxylation is 2. The summed E-state index contributed by atoms with van der Waals surface area (Å²) in [5.74, 6) is 0.954. The van der Waals surface area contributed by atoms with Gasteiger partial charge in [0.25, 0.3) is 5.91 Å². The number of urea groups is 1. The van der Waals surface area contributed by atoms with Crippen molar-refractivity contribution in [3.8, 4) is 17.2 Å². The molecule has 1 atom stereocenters. The fourth-order valence-corrected chi connectivity index (χ4v) is 3.53. The average molecular weight is 425 g/mol. The number of ether oxygens (including phenoxy) is 3. The third-order valence-corrected chi connectivity index (χ3v) is 5.30. The van der Waals surface area contributed by atoms with Crippen LogP contribution in [0.15, 0.2) is 41.6 Å². The topological polar surface area (TPSA) is 97.9 Å². The minimum atomic E-state index is -0.714. The molecule has 2 aromatic rings. The van der Waals surface area contributed by atoms with Gasteiger partial charge in [0.05, 0.1) is 32.9 Å². The van der Waals surface area contributed by atoms with Crippen molar-refractivity contribution < 1.29 is 23.8 Å². The molecule has 1 aliphatic rings. The van der Waals surface area contributed by atoms with Crippen LogP contribution in [0.3, 0.4) is 0 Å². The smallest absolute Gasteiger partial charge is 0.319 e. The lowest BCUT2D eigenvalue weighted by Gasteiger charge is -2.29. The first-order chi connectivity index (χ1) is 14.8. The van der Waals surface area contributed by atoms with E-state index in [4.69, 9.17) is 14.2 Å². The van der Waals surface area contributed by atoms with Crippen LogP contribution in [0.25, 0.3) is 0 Å². The Morgan fingerprint density at radius 3 is 2.13 bits per heavy atom. The van der Waals surface area contributed by atoms with E-state index in [-0.39, 0.29) is 5.91 Å². The molecule has 2 aromatic carbocycles. The van der Waals surface area contributed by atoms with E-state index in [9.17, 15) is 9.59 Å². The zero-order chi connectivity index (χ0) is 22.7. The SMILES string of the molecule is COc1cc([C@H]2NC(=O)NC(C)=C2C(=O)Nc2ccc(C)c(C)c2)cc(OC)c1OC. The fourth-order valence-electron chi connectivity index (χ4n) is 3.53. The number of anilines is 1. The van der Waals surface area contributed by atoms with Gasteiger partial charge in [-0.25, -0.2) is 4.79 Å². The Kier molecular flexibility index (Phi) is 6.39. The summed E-state index contributed by atoms with van der Waals surface area (Å²) in [6.07, 6.45) is 0. The van der Waals surface area contributed by atoms with Crippen molar-refractivity contribution in [1.82, 2.24) is 10.6 Å². The fraction of sp³-hybridized carbons (Fsp3) is 0.304. The summed E-state index contributed by atoms with van der Waals surface area (Å²) in [7, 11) is 4.53. The van der Waals surface area contributed by atoms with Crippen molar-refractivity contribution in [2.75, 3.05) is 26.6 Å². The molecule has 1 aliphatic heterocycles. The van der Waals surface area contributed by atoms with Crippen molar-refractivity contribution in [3.63, 3.8) is 0 Å². The molecule has 0 saturated heterocycles. The minimum Gasteiger partial charge on any atom is -0.493 e. The van der Waals surface area contributed by atoms with Gasteiger partial charge in [-0.05, 0) is 61.7 Å². The molecule has 3 rings (SSSR count). The first-order valence-electron chi connectivity index (χ1n) is 9.75. The summed E-state index contributed by atoms with van der Waals surface area (Å²) in [6, 6.07) is 8.02. The molecular formula is C23H27N3O5. The monoisotopic (exact) mass is 425 g/mol. The van der Waals surface area contributed by atoms with Gasteiger partial charge < -0.3 is 30.2 Å². The van der Waals surface area contributed by atoms with Gasteiger partial charge in [0.2, 0.25) is 5.75 Å². The first kappa shape index (κ1) is 22.0. The van der Waals surface area contributed by atoms with E-state index in [1.165, 1.54) is 21.3 Å². The van der Waals surface area contributed by atoms with Gasteiger partial charge in [-0.1, -0.05) is 6.07 Å². The number of carbonyl (C=O) groups excluding carboxylic acids is 2. The Bertz CT molecular complexity index is 1040. The number of carbonyl (C=O) groups is 2. The lowest BCUT2D eigenvalue weighted by Crippen LogP contribution is -2.46. The average Bonchev–Trinajstić information content (AvgIpc) is 2.74. The molecule has 3 N–H and O–H groups in total. The molecule has 0 bridgehead atoms. The second-order valence-corrected chi connectivity index (χ2v) is 7.28. The molecule has 8 nitrogen and oxygen atoms in total. The first-order valence-corrected chi connectivity index (χ1v) is 9.75. The van der Waals surface area contributed by atoms with Crippen molar-refractivity contribution >= 4 is 17.6 Å². The molecule has 0 radical (unpaired) electrons. The van der Waals surface area contributed by atoms with Crippen molar-refractivity contribution in [3.05, 3.63) is 58.3 Å². The van der Waals surface area contributed by atoms with Crippen LogP contribution < -0.4 is 30.2 Å². The highest BCUT2D eigenvalue weighted by Gasteiger charge is 2.32. The standard InChI is InChI=1S/C23H27N3O5/c1-12-7-8-16(9-13(12)2)25-22(27)19-14(3)24-23(28)26-20(19)15-10-17(29-4)21(31-6)18(11-15)30-5/h7-11,20H,1-6H3,(H,25,27)(H2,24,26,28)/t20-/m1/s1. The Labute approximate surface area is 181 Å². The third kappa shape index (κ3) is 4.42. The van der Waals surface area contributed by atoms with Crippen LogP contribution in [0.2, 0.25) is 0 Å². The van der Waals surface area contributed by atoms with Crippen LogP contribution in [-0.2, 0) is 4.79 Å². The van der Waals surface area contributed by atoms with E-state index in [1.807, 2.05) is 32.0 Å². The number of amides is 3. The number of allylic oxidation sites excluding steroid dienone is 1. The molecule has 0 aromatic heterocycles. The predicted octanol–water partition coefficient (Wildman–Crippen LogP) is 3.60. The maximum Gasteiger partial charge on any atom is 0.319 e. The van der Waals surface area contributed by atoms with Crippen molar-refractivity contribution in [2.24, 2.45) is 0 Å². The summed E-state index contributed by atoms with van der Waals surface area (Å²) >= 11 is 0.